The predicted molar refractivity (Wildman–Crippen MR) is 68.5 cm³/mol. The maximum absolute atomic E-state index is 6.02. The molecule has 0 aromatic heterocycles. The zero-order chi connectivity index (χ0) is 11.5. The zero-order valence-corrected chi connectivity index (χ0v) is 10.9. The summed E-state index contributed by atoms with van der Waals surface area (Å²) in [5, 5.41) is 1.24. The van der Waals surface area contributed by atoms with Crippen LogP contribution < -0.4 is 0 Å². The summed E-state index contributed by atoms with van der Waals surface area (Å²) in [7, 11) is 0. The summed E-state index contributed by atoms with van der Waals surface area (Å²) >= 11 is 11.9. The maximum atomic E-state index is 6.02. The van der Waals surface area contributed by atoms with Gasteiger partial charge in [0, 0.05) is 12.5 Å². The first-order valence-corrected chi connectivity index (χ1v) is 6.50. The summed E-state index contributed by atoms with van der Waals surface area (Å²) < 4.78 is 5.79. The van der Waals surface area contributed by atoms with Crippen molar-refractivity contribution in [3.8, 4) is 0 Å². The highest BCUT2D eigenvalue weighted by Crippen LogP contribution is 2.31. The van der Waals surface area contributed by atoms with Crippen LogP contribution in [-0.4, -0.2) is 12.7 Å². The molecule has 1 nitrogen and oxygen atoms in total. The van der Waals surface area contributed by atoms with Crippen LogP contribution in [0.3, 0.4) is 0 Å². The van der Waals surface area contributed by atoms with E-state index >= 15 is 0 Å². The fourth-order valence-corrected chi connectivity index (χ4v) is 2.48. The molecule has 1 saturated heterocycles. The fourth-order valence-electron chi connectivity index (χ4n) is 2.17. The molecule has 1 heterocycles. The molecular weight excluding hydrogens is 243 g/mol. The number of hydrogen-bond acceptors (Lipinski definition) is 1. The van der Waals surface area contributed by atoms with Crippen LogP contribution in [-0.2, 0) is 4.74 Å². The van der Waals surface area contributed by atoms with Gasteiger partial charge in [0.05, 0.1) is 16.1 Å². The van der Waals surface area contributed by atoms with E-state index < -0.39 is 0 Å². The number of benzene rings is 1. The molecule has 16 heavy (non-hydrogen) atoms. The molecule has 2 unspecified atom stereocenters. The van der Waals surface area contributed by atoms with Crippen LogP contribution >= 0.6 is 23.2 Å². The van der Waals surface area contributed by atoms with Crippen molar-refractivity contribution in [2.24, 2.45) is 0 Å². The topological polar surface area (TPSA) is 9.23 Å². The van der Waals surface area contributed by atoms with Crippen LogP contribution in [0.4, 0.5) is 0 Å². The van der Waals surface area contributed by atoms with Gasteiger partial charge in [0.2, 0.25) is 0 Å². The first-order chi connectivity index (χ1) is 7.68. The van der Waals surface area contributed by atoms with Gasteiger partial charge in [-0.3, -0.25) is 0 Å². The van der Waals surface area contributed by atoms with Crippen molar-refractivity contribution in [2.45, 2.75) is 38.2 Å². The maximum Gasteiger partial charge on any atom is 0.0640 e. The molecule has 2 atom stereocenters. The fraction of sp³-hybridized carbons (Fsp3) is 0.538. The molecule has 1 aromatic carbocycles. The van der Waals surface area contributed by atoms with Crippen LogP contribution in [0, 0.1) is 0 Å². The summed E-state index contributed by atoms with van der Waals surface area (Å²) in [4.78, 5) is 0. The molecule has 1 fully saturated rings. The van der Waals surface area contributed by atoms with E-state index in [-0.39, 0.29) is 0 Å². The minimum absolute atomic E-state index is 0.325. The Morgan fingerprint density at radius 1 is 1.25 bits per heavy atom. The predicted octanol–water partition coefficient (Wildman–Crippen LogP) is 4.67. The summed E-state index contributed by atoms with van der Waals surface area (Å²) in [6.45, 7) is 3.08. The van der Waals surface area contributed by atoms with E-state index in [1.807, 2.05) is 18.2 Å². The average molecular weight is 259 g/mol. The van der Waals surface area contributed by atoms with Crippen LogP contribution in [0.15, 0.2) is 18.2 Å². The quantitative estimate of drug-likeness (QED) is 0.750. The van der Waals surface area contributed by atoms with E-state index in [0.717, 1.165) is 13.0 Å². The third kappa shape index (κ3) is 2.71. The number of halogens is 2. The van der Waals surface area contributed by atoms with Gasteiger partial charge in [-0.1, -0.05) is 36.2 Å². The highest BCUT2D eigenvalue weighted by molar-refractivity contribution is 6.42. The van der Waals surface area contributed by atoms with Crippen LogP contribution in [0.5, 0.6) is 0 Å². The third-order valence-electron chi connectivity index (χ3n) is 3.24. The molecule has 0 spiro atoms. The molecule has 88 valence electrons. The highest BCUT2D eigenvalue weighted by Gasteiger charge is 2.22. The second-order valence-electron chi connectivity index (χ2n) is 4.37. The van der Waals surface area contributed by atoms with E-state index in [1.54, 1.807) is 0 Å². The standard InChI is InChI=1S/C13H16Cl2O/c1-9(13-4-2-3-7-16-13)10-5-6-11(14)12(15)8-10/h5-6,8-9,13H,2-4,7H2,1H3. The molecule has 0 radical (unpaired) electrons. The summed E-state index contributed by atoms with van der Waals surface area (Å²) in [6.07, 6.45) is 3.91. The van der Waals surface area contributed by atoms with Crippen molar-refractivity contribution in [2.75, 3.05) is 6.61 Å². The van der Waals surface area contributed by atoms with Crippen molar-refractivity contribution in [3.05, 3.63) is 33.8 Å². The van der Waals surface area contributed by atoms with E-state index in [0.29, 0.717) is 22.1 Å². The van der Waals surface area contributed by atoms with Gasteiger partial charge in [0.15, 0.2) is 0 Å². The van der Waals surface area contributed by atoms with Crippen LogP contribution in [0.2, 0.25) is 10.0 Å². The smallest absolute Gasteiger partial charge is 0.0640 e. The monoisotopic (exact) mass is 258 g/mol. The van der Waals surface area contributed by atoms with Gasteiger partial charge in [-0.05, 0) is 37.0 Å². The van der Waals surface area contributed by atoms with Gasteiger partial charge in [0.1, 0.15) is 0 Å². The molecule has 0 aliphatic carbocycles. The van der Waals surface area contributed by atoms with Gasteiger partial charge in [0.25, 0.3) is 0 Å². The van der Waals surface area contributed by atoms with Gasteiger partial charge >= 0.3 is 0 Å². The Morgan fingerprint density at radius 3 is 2.69 bits per heavy atom. The molecule has 1 aliphatic rings. The van der Waals surface area contributed by atoms with Crippen molar-refractivity contribution >= 4 is 23.2 Å². The van der Waals surface area contributed by atoms with Gasteiger partial charge in [-0.15, -0.1) is 0 Å². The lowest BCUT2D eigenvalue weighted by molar-refractivity contribution is 0.00240. The van der Waals surface area contributed by atoms with Crippen LogP contribution in [0.1, 0.15) is 37.7 Å². The first-order valence-electron chi connectivity index (χ1n) is 5.75. The minimum atomic E-state index is 0.325. The molecule has 0 bridgehead atoms. The summed E-state index contributed by atoms with van der Waals surface area (Å²) in [5.74, 6) is 0.384. The highest BCUT2D eigenvalue weighted by atomic mass is 35.5. The Morgan fingerprint density at radius 2 is 2.06 bits per heavy atom. The molecule has 3 heteroatoms. The van der Waals surface area contributed by atoms with Crippen molar-refractivity contribution in [1.29, 1.82) is 0 Å². The lowest BCUT2D eigenvalue weighted by Crippen LogP contribution is -2.24. The Kier molecular flexibility index (Phi) is 4.12. The number of rotatable bonds is 2. The third-order valence-corrected chi connectivity index (χ3v) is 3.98. The van der Waals surface area contributed by atoms with E-state index in [1.165, 1.54) is 18.4 Å². The molecular formula is C13H16Cl2O. The van der Waals surface area contributed by atoms with Crippen LogP contribution in [0.25, 0.3) is 0 Å². The van der Waals surface area contributed by atoms with Crippen molar-refractivity contribution in [3.63, 3.8) is 0 Å². The second kappa shape index (κ2) is 5.39. The minimum Gasteiger partial charge on any atom is -0.378 e. The van der Waals surface area contributed by atoms with Crippen molar-refractivity contribution < 1.29 is 4.74 Å². The Hall–Kier alpha value is -0.240. The first kappa shape index (κ1) is 12.2. The Bertz CT molecular complexity index is 359. The Labute approximate surface area is 107 Å². The lowest BCUT2D eigenvalue weighted by Gasteiger charge is -2.28. The zero-order valence-electron chi connectivity index (χ0n) is 9.38. The van der Waals surface area contributed by atoms with E-state index in [9.17, 15) is 0 Å². The lowest BCUT2D eigenvalue weighted by atomic mass is 9.91. The van der Waals surface area contributed by atoms with Gasteiger partial charge in [-0.2, -0.15) is 0 Å². The van der Waals surface area contributed by atoms with E-state index in [4.69, 9.17) is 27.9 Å². The van der Waals surface area contributed by atoms with E-state index in [2.05, 4.69) is 6.92 Å². The normalized spacial score (nSPS) is 23.1. The van der Waals surface area contributed by atoms with Crippen molar-refractivity contribution in [1.82, 2.24) is 0 Å². The largest absolute Gasteiger partial charge is 0.378 e. The Balaban J connectivity index is 2.12. The summed E-state index contributed by atoms with van der Waals surface area (Å²) in [6, 6.07) is 5.85. The molecule has 0 saturated carbocycles. The molecule has 1 aromatic rings. The second-order valence-corrected chi connectivity index (χ2v) is 5.18. The average Bonchev–Trinajstić information content (AvgIpc) is 2.33. The number of hydrogen-bond donors (Lipinski definition) is 0. The van der Waals surface area contributed by atoms with Gasteiger partial charge < -0.3 is 4.74 Å². The SMILES string of the molecule is CC(c1ccc(Cl)c(Cl)c1)C1CCCCO1. The number of ether oxygens (including phenoxy) is 1. The molecule has 0 N–H and O–H groups in total. The molecule has 0 amide bonds. The molecule has 1 aliphatic heterocycles. The summed E-state index contributed by atoms with van der Waals surface area (Å²) in [5.41, 5.74) is 1.21. The molecule has 2 rings (SSSR count). The van der Waals surface area contributed by atoms with Gasteiger partial charge in [-0.25, -0.2) is 0 Å².